The van der Waals surface area contributed by atoms with E-state index in [0.717, 1.165) is 11.4 Å². The van der Waals surface area contributed by atoms with E-state index >= 15 is 0 Å². The number of hydrogen-bond donors (Lipinski definition) is 1. The zero-order valence-corrected chi connectivity index (χ0v) is 8.23. The molecule has 1 aromatic rings. The molecule has 1 amide bonds. The van der Waals surface area contributed by atoms with E-state index in [1.165, 1.54) is 5.56 Å². The maximum atomic E-state index is 11.4. The monoisotopic (exact) mass is 193 g/mol. The van der Waals surface area contributed by atoms with E-state index in [1.54, 1.807) is 11.8 Å². The molecule has 1 heterocycles. The average Bonchev–Trinajstić information content (AvgIpc) is 2.28. The number of carbonyl (C=O) groups excluding carboxylic acids is 1. The molecule has 1 atom stereocenters. The molecule has 0 saturated carbocycles. The highest BCUT2D eigenvalue weighted by atomic mass is 32.2. The Hall–Kier alpha value is -0.960. The fourth-order valence-corrected chi connectivity index (χ4v) is 2.18. The number of thioether (sulfide) groups is 1. The van der Waals surface area contributed by atoms with Crippen molar-refractivity contribution < 1.29 is 4.79 Å². The Balaban J connectivity index is 2.35. The average molecular weight is 193 g/mol. The molecule has 3 heteroatoms. The molecule has 68 valence electrons. The quantitative estimate of drug-likeness (QED) is 0.684. The molecule has 13 heavy (non-hydrogen) atoms. The van der Waals surface area contributed by atoms with Gasteiger partial charge >= 0.3 is 0 Å². The Morgan fingerprint density at radius 2 is 2.23 bits per heavy atom. The van der Waals surface area contributed by atoms with Crippen molar-refractivity contribution >= 4 is 23.4 Å². The van der Waals surface area contributed by atoms with E-state index in [1.807, 2.05) is 25.1 Å². The van der Waals surface area contributed by atoms with Gasteiger partial charge in [-0.2, -0.15) is 0 Å². The van der Waals surface area contributed by atoms with Crippen molar-refractivity contribution in [3.05, 3.63) is 29.8 Å². The van der Waals surface area contributed by atoms with E-state index in [-0.39, 0.29) is 11.2 Å². The Bertz CT molecular complexity index is 337. The first-order valence-corrected chi connectivity index (χ1v) is 5.32. The maximum Gasteiger partial charge on any atom is 0.237 e. The molecule has 1 unspecified atom stereocenters. The molecule has 1 aliphatic rings. The fourth-order valence-electron chi connectivity index (χ4n) is 1.29. The number of amides is 1. The Morgan fingerprint density at radius 3 is 3.08 bits per heavy atom. The second-order valence-electron chi connectivity index (χ2n) is 3.10. The van der Waals surface area contributed by atoms with E-state index in [2.05, 4.69) is 11.4 Å². The molecule has 0 saturated heterocycles. The smallest absolute Gasteiger partial charge is 0.237 e. The van der Waals surface area contributed by atoms with Crippen molar-refractivity contribution in [1.82, 2.24) is 0 Å². The number of hydrogen-bond acceptors (Lipinski definition) is 2. The largest absolute Gasteiger partial charge is 0.325 e. The second kappa shape index (κ2) is 3.42. The predicted octanol–water partition coefficient (Wildman–Crippen LogP) is 2.26. The van der Waals surface area contributed by atoms with Crippen LogP contribution in [0.25, 0.3) is 0 Å². The molecule has 0 radical (unpaired) electrons. The first-order chi connectivity index (χ1) is 6.27. The Kier molecular flexibility index (Phi) is 2.27. The van der Waals surface area contributed by atoms with Gasteiger partial charge in [0.25, 0.3) is 0 Å². The lowest BCUT2D eigenvalue weighted by molar-refractivity contribution is -0.115. The molecule has 1 N–H and O–H groups in total. The number of nitrogens with one attached hydrogen (secondary N) is 1. The van der Waals surface area contributed by atoms with Crippen LogP contribution in [0.1, 0.15) is 12.5 Å². The first-order valence-electron chi connectivity index (χ1n) is 4.28. The molecule has 0 bridgehead atoms. The highest BCUT2D eigenvalue weighted by molar-refractivity contribution is 7.99. The van der Waals surface area contributed by atoms with Crippen molar-refractivity contribution in [3.8, 4) is 0 Å². The minimum absolute atomic E-state index is 0.0485. The predicted molar refractivity (Wildman–Crippen MR) is 55.8 cm³/mol. The van der Waals surface area contributed by atoms with Crippen LogP contribution in [0, 0.1) is 0 Å². The molecular weight excluding hydrogens is 182 g/mol. The Morgan fingerprint density at radius 1 is 1.46 bits per heavy atom. The van der Waals surface area contributed by atoms with Gasteiger partial charge in [0.1, 0.15) is 0 Å². The van der Waals surface area contributed by atoms with Gasteiger partial charge in [-0.1, -0.05) is 18.2 Å². The van der Waals surface area contributed by atoms with E-state index in [9.17, 15) is 4.79 Å². The molecule has 2 nitrogen and oxygen atoms in total. The van der Waals surface area contributed by atoms with E-state index in [4.69, 9.17) is 0 Å². The van der Waals surface area contributed by atoms with Gasteiger partial charge < -0.3 is 5.32 Å². The van der Waals surface area contributed by atoms with Gasteiger partial charge in [-0.25, -0.2) is 0 Å². The SMILES string of the molecule is CC1SCc2ccccc2NC1=O. The molecule has 1 aliphatic heterocycles. The Labute approximate surface area is 81.7 Å². The minimum Gasteiger partial charge on any atom is -0.325 e. The van der Waals surface area contributed by atoms with Crippen molar-refractivity contribution in [2.45, 2.75) is 17.9 Å². The highest BCUT2D eigenvalue weighted by Crippen LogP contribution is 2.27. The summed E-state index contributed by atoms with van der Waals surface area (Å²) in [6, 6.07) is 7.95. The summed E-state index contributed by atoms with van der Waals surface area (Å²) in [5, 5.41) is 2.96. The number of fused-ring (bicyclic) bond motifs is 1. The van der Waals surface area contributed by atoms with Crippen LogP contribution >= 0.6 is 11.8 Å². The summed E-state index contributed by atoms with van der Waals surface area (Å²) in [4.78, 5) is 11.4. The van der Waals surface area contributed by atoms with Crippen LogP contribution in [-0.4, -0.2) is 11.2 Å². The molecule has 0 spiro atoms. The van der Waals surface area contributed by atoms with Crippen molar-refractivity contribution in [2.75, 3.05) is 5.32 Å². The number of rotatable bonds is 0. The van der Waals surface area contributed by atoms with Crippen LogP contribution in [0.4, 0.5) is 5.69 Å². The molecule has 0 fully saturated rings. The van der Waals surface area contributed by atoms with Gasteiger partial charge in [-0.3, -0.25) is 4.79 Å². The van der Waals surface area contributed by atoms with Crippen LogP contribution in [0.2, 0.25) is 0 Å². The summed E-state index contributed by atoms with van der Waals surface area (Å²) in [5.41, 5.74) is 2.18. The summed E-state index contributed by atoms with van der Waals surface area (Å²) in [6.07, 6.45) is 0. The zero-order valence-electron chi connectivity index (χ0n) is 7.41. The first kappa shape index (κ1) is 8.63. The van der Waals surface area contributed by atoms with E-state index < -0.39 is 0 Å². The molecule has 0 aromatic heterocycles. The van der Waals surface area contributed by atoms with Crippen LogP contribution in [0.3, 0.4) is 0 Å². The second-order valence-corrected chi connectivity index (χ2v) is 4.43. The summed E-state index contributed by atoms with van der Waals surface area (Å²) in [7, 11) is 0. The van der Waals surface area contributed by atoms with Crippen molar-refractivity contribution in [2.24, 2.45) is 0 Å². The number of para-hydroxylation sites is 1. The summed E-state index contributed by atoms with van der Waals surface area (Å²) in [6.45, 7) is 1.94. The topological polar surface area (TPSA) is 29.1 Å². The van der Waals surface area contributed by atoms with Gasteiger partial charge in [0.2, 0.25) is 5.91 Å². The maximum absolute atomic E-state index is 11.4. The van der Waals surface area contributed by atoms with Crippen LogP contribution < -0.4 is 5.32 Å². The van der Waals surface area contributed by atoms with Gasteiger partial charge in [0.05, 0.1) is 5.25 Å². The fraction of sp³-hybridized carbons (Fsp3) is 0.300. The zero-order chi connectivity index (χ0) is 9.26. The van der Waals surface area contributed by atoms with E-state index in [0.29, 0.717) is 0 Å². The lowest BCUT2D eigenvalue weighted by Gasteiger charge is -2.05. The van der Waals surface area contributed by atoms with Gasteiger partial charge in [0.15, 0.2) is 0 Å². The molecule has 1 aromatic carbocycles. The normalized spacial score (nSPS) is 21.6. The highest BCUT2D eigenvalue weighted by Gasteiger charge is 2.19. The van der Waals surface area contributed by atoms with Crippen LogP contribution in [0.5, 0.6) is 0 Å². The number of benzene rings is 1. The lowest BCUT2D eigenvalue weighted by atomic mass is 10.2. The van der Waals surface area contributed by atoms with Crippen molar-refractivity contribution in [3.63, 3.8) is 0 Å². The molecule has 0 aliphatic carbocycles. The molecular formula is C10H11NOS. The van der Waals surface area contributed by atoms with Gasteiger partial charge in [-0.15, -0.1) is 11.8 Å². The van der Waals surface area contributed by atoms with Crippen molar-refractivity contribution in [1.29, 1.82) is 0 Å². The summed E-state index contributed by atoms with van der Waals surface area (Å²) < 4.78 is 0. The van der Waals surface area contributed by atoms with Gasteiger partial charge in [-0.05, 0) is 18.6 Å². The summed E-state index contributed by atoms with van der Waals surface area (Å²) in [5.74, 6) is 1.02. The van der Waals surface area contributed by atoms with Crippen LogP contribution in [0.15, 0.2) is 24.3 Å². The van der Waals surface area contributed by atoms with Gasteiger partial charge in [0, 0.05) is 11.4 Å². The third-order valence-corrected chi connectivity index (χ3v) is 3.33. The number of anilines is 1. The minimum atomic E-state index is 0.0485. The third kappa shape index (κ3) is 1.70. The number of carbonyl (C=O) groups is 1. The summed E-state index contributed by atoms with van der Waals surface area (Å²) >= 11 is 1.68. The third-order valence-electron chi connectivity index (χ3n) is 2.13. The molecule has 2 rings (SSSR count). The lowest BCUT2D eigenvalue weighted by Crippen LogP contribution is -2.20. The standard InChI is InChI=1S/C10H11NOS/c1-7-10(12)11-9-5-3-2-4-8(9)6-13-7/h2-5,7H,6H2,1H3,(H,11,12). The van der Waals surface area contributed by atoms with Crippen LogP contribution in [-0.2, 0) is 10.5 Å².